The Kier molecular flexibility index (Phi) is 2.76. The molecule has 98 valence electrons. The summed E-state index contributed by atoms with van der Waals surface area (Å²) in [6.45, 7) is 13.1. The lowest BCUT2D eigenvalue weighted by atomic mass is 9.86. The Bertz CT molecular complexity index is 566. The standard InChI is InChI=1S/C15H22N2O/c1-14(2,3)11-7-10-8-16-9-12(10)17(13(11)18)15(4,5)6/h7-8H,9H2,1-6H3. The van der Waals surface area contributed by atoms with Crippen molar-refractivity contribution in [3.8, 4) is 0 Å². The van der Waals surface area contributed by atoms with Crippen molar-refractivity contribution in [1.82, 2.24) is 4.57 Å². The fraction of sp³-hybridized carbons (Fsp3) is 0.600. The van der Waals surface area contributed by atoms with E-state index < -0.39 is 0 Å². The van der Waals surface area contributed by atoms with Gasteiger partial charge in [0, 0.05) is 22.9 Å². The quantitative estimate of drug-likeness (QED) is 0.693. The summed E-state index contributed by atoms with van der Waals surface area (Å²) in [6.07, 6.45) is 1.88. The van der Waals surface area contributed by atoms with E-state index in [2.05, 4.69) is 46.5 Å². The third-order valence-electron chi connectivity index (χ3n) is 3.29. The lowest BCUT2D eigenvalue weighted by molar-refractivity contribution is 0.366. The summed E-state index contributed by atoms with van der Waals surface area (Å²) in [5.41, 5.74) is 2.77. The van der Waals surface area contributed by atoms with Crippen LogP contribution >= 0.6 is 0 Å². The third-order valence-corrected chi connectivity index (χ3v) is 3.29. The zero-order valence-electron chi connectivity index (χ0n) is 12.2. The van der Waals surface area contributed by atoms with E-state index in [1.807, 2.05) is 16.8 Å². The SMILES string of the molecule is CC(C)(C)c1cc2c(n(C(C)(C)C)c1=O)CN=C2. The van der Waals surface area contributed by atoms with Crippen molar-refractivity contribution in [2.24, 2.45) is 4.99 Å². The van der Waals surface area contributed by atoms with Crippen LogP contribution in [0.4, 0.5) is 0 Å². The predicted molar refractivity (Wildman–Crippen MR) is 75.7 cm³/mol. The van der Waals surface area contributed by atoms with Gasteiger partial charge in [0.15, 0.2) is 0 Å². The highest BCUT2D eigenvalue weighted by molar-refractivity contribution is 5.84. The summed E-state index contributed by atoms with van der Waals surface area (Å²) in [7, 11) is 0. The van der Waals surface area contributed by atoms with E-state index >= 15 is 0 Å². The molecule has 2 heterocycles. The highest BCUT2D eigenvalue weighted by Crippen LogP contribution is 2.26. The Morgan fingerprint density at radius 3 is 2.28 bits per heavy atom. The Hall–Kier alpha value is -1.38. The molecule has 1 aromatic heterocycles. The van der Waals surface area contributed by atoms with Crippen LogP contribution in [0.5, 0.6) is 0 Å². The maximum atomic E-state index is 12.7. The summed E-state index contributed by atoms with van der Waals surface area (Å²) in [5.74, 6) is 0. The van der Waals surface area contributed by atoms with Crippen molar-refractivity contribution in [2.75, 3.05) is 0 Å². The smallest absolute Gasteiger partial charge is 0.255 e. The maximum Gasteiger partial charge on any atom is 0.255 e. The molecular weight excluding hydrogens is 224 g/mol. The number of pyridine rings is 1. The van der Waals surface area contributed by atoms with Crippen LogP contribution in [0.25, 0.3) is 0 Å². The fourth-order valence-corrected chi connectivity index (χ4v) is 2.42. The predicted octanol–water partition coefficient (Wildman–Crippen LogP) is 2.83. The summed E-state index contributed by atoms with van der Waals surface area (Å²) >= 11 is 0. The topological polar surface area (TPSA) is 34.4 Å². The number of hydrogen-bond donors (Lipinski definition) is 0. The lowest BCUT2D eigenvalue weighted by Gasteiger charge is -2.29. The molecule has 3 nitrogen and oxygen atoms in total. The monoisotopic (exact) mass is 246 g/mol. The lowest BCUT2D eigenvalue weighted by Crippen LogP contribution is -2.40. The van der Waals surface area contributed by atoms with Crippen LogP contribution in [-0.4, -0.2) is 10.8 Å². The van der Waals surface area contributed by atoms with Gasteiger partial charge < -0.3 is 4.57 Å². The molecule has 0 aliphatic carbocycles. The van der Waals surface area contributed by atoms with Crippen LogP contribution in [0.3, 0.4) is 0 Å². The summed E-state index contributed by atoms with van der Waals surface area (Å²) in [4.78, 5) is 17.0. The highest BCUT2D eigenvalue weighted by Gasteiger charge is 2.28. The number of hydrogen-bond acceptors (Lipinski definition) is 2. The maximum absolute atomic E-state index is 12.7. The average molecular weight is 246 g/mol. The van der Waals surface area contributed by atoms with Crippen LogP contribution < -0.4 is 5.56 Å². The molecule has 0 unspecified atom stereocenters. The van der Waals surface area contributed by atoms with Gasteiger partial charge in [-0.25, -0.2) is 0 Å². The van der Waals surface area contributed by atoms with Gasteiger partial charge in [-0.05, 0) is 32.3 Å². The summed E-state index contributed by atoms with van der Waals surface area (Å²) < 4.78 is 1.91. The molecular formula is C15H22N2O. The molecule has 0 saturated heterocycles. The normalized spacial score (nSPS) is 15.0. The van der Waals surface area contributed by atoms with Gasteiger partial charge in [0.25, 0.3) is 5.56 Å². The summed E-state index contributed by atoms with van der Waals surface area (Å²) in [6, 6.07) is 2.01. The van der Waals surface area contributed by atoms with Gasteiger partial charge >= 0.3 is 0 Å². The van der Waals surface area contributed by atoms with Crippen molar-refractivity contribution in [3.05, 3.63) is 33.2 Å². The van der Waals surface area contributed by atoms with Crippen molar-refractivity contribution in [2.45, 2.75) is 59.0 Å². The molecule has 1 aliphatic rings. The number of aromatic nitrogens is 1. The molecule has 0 spiro atoms. The number of aliphatic imine (C=N–C) groups is 1. The Balaban J connectivity index is 2.83. The van der Waals surface area contributed by atoms with Crippen molar-refractivity contribution < 1.29 is 0 Å². The molecule has 0 atom stereocenters. The highest BCUT2D eigenvalue weighted by atomic mass is 16.1. The molecule has 0 radical (unpaired) electrons. The van der Waals surface area contributed by atoms with Gasteiger partial charge in [-0.1, -0.05) is 20.8 Å². The minimum absolute atomic E-state index is 0.124. The largest absolute Gasteiger partial charge is 0.305 e. The average Bonchev–Trinajstić information content (AvgIpc) is 2.59. The molecule has 0 saturated carbocycles. The van der Waals surface area contributed by atoms with Crippen LogP contribution in [0.1, 0.15) is 58.4 Å². The summed E-state index contributed by atoms with van der Waals surface area (Å²) in [5, 5.41) is 0. The van der Waals surface area contributed by atoms with E-state index in [4.69, 9.17) is 0 Å². The molecule has 2 rings (SSSR count). The van der Waals surface area contributed by atoms with E-state index in [-0.39, 0.29) is 16.5 Å². The zero-order chi connectivity index (χ0) is 13.7. The molecule has 1 aromatic rings. The van der Waals surface area contributed by atoms with Gasteiger partial charge in [-0.2, -0.15) is 0 Å². The van der Waals surface area contributed by atoms with Crippen LogP contribution in [0.15, 0.2) is 15.9 Å². The first kappa shape index (κ1) is 13.1. The first-order valence-electron chi connectivity index (χ1n) is 6.42. The van der Waals surface area contributed by atoms with Crippen LogP contribution in [-0.2, 0) is 17.5 Å². The van der Waals surface area contributed by atoms with Gasteiger partial charge in [-0.15, -0.1) is 0 Å². The molecule has 18 heavy (non-hydrogen) atoms. The Morgan fingerprint density at radius 1 is 1.17 bits per heavy atom. The molecule has 0 N–H and O–H groups in total. The van der Waals surface area contributed by atoms with Gasteiger partial charge in [0.05, 0.1) is 12.2 Å². The van der Waals surface area contributed by atoms with Gasteiger partial charge in [-0.3, -0.25) is 9.79 Å². The second kappa shape index (κ2) is 3.81. The molecule has 0 fully saturated rings. The fourth-order valence-electron chi connectivity index (χ4n) is 2.42. The minimum Gasteiger partial charge on any atom is -0.305 e. The van der Waals surface area contributed by atoms with E-state index in [9.17, 15) is 4.79 Å². The number of rotatable bonds is 0. The molecule has 1 aliphatic heterocycles. The van der Waals surface area contributed by atoms with E-state index in [0.29, 0.717) is 6.54 Å². The number of nitrogens with zero attached hydrogens (tertiary/aromatic N) is 2. The second-order valence-corrected chi connectivity index (χ2v) is 6.99. The Labute approximate surface area is 109 Å². The first-order chi connectivity index (χ1) is 8.12. The molecule has 3 heteroatoms. The molecule has 0 bridgehead atoms. The van der Waals surface area contributed by atoms with Crippen molar-refractivity contribution in [1.29, 1.82) is 0 Å². The molecule has 0 amide bonds. The van der Waals surface area contributed by atoms with E-state index in [0.717, 1.165) is 16.8 Å². The van der Waals surface area contributed by atoms with Crippen molar-refractivity contribution >= 4 is 6.21 Å². The second-order valence-electron chi connectivity index (χ2n) is 6.99. The minimum atomic E-state index is -0.212. The zero-order valence-corrected chi connectivity index (χ0v) is 12.2. The van der Waals surface area contributed by atoms with Crippen LogP contribution in [0, 0.1) is 0 Å². The third kappa shape index (κ3) is 2.02. The first-order valence-corrected chi connectivity index (χ1v) is 6.42. The van der Waals surface area contributed by atoms with Gasteiger partial charge in [0.1, 0.15) is 0 Å². The van der Waals surface area contributed by atoms with Crippen LogP contribution in [0.2, 0.25) is 0 Å². The van der Waals surface area contributed by atoms with E-state index in [1.54, 1.807) is 0 Å². The molecule has 0 aromatic carbocycles. The van der Waals surface area contributed by atoms with Gasteiger partial charge in [0.2, 0.25) is 0 Å². The van der Waals surface area contributed by atoms with E-state index in [1.165, 1.54) is 0 Å². The Morgan fingerprint density at radius 2 is 1.78 bits per heavy atom. The number of fused-ring (bicyclic) bond motifs is 1. The van der Waals surface area contributed by atoms with Crippen molar-refractivity contribution in [3.63, 3.8) is 0 Å².